The minimum atomic E-state index is -1.11. The number of carboxylic acid groups (broad SMARTS) is 1. The summed E-state index contributed by atoms with van der Waals surface area (Å²) < 4.78 is 0. The topological polar surface area (TPSA) is 49.3 Å². The van der Waals surface area contributed by atoms with Gasteiger partial charge in [0.05, 0.1) is 0 Å². The third kappa shape index (κ3) is 4.99. The Morgan fingerprint density at radius 3 is 2.41 bits per heavy atom. The second kappa shape index (κ2) is 7.90. The van der Waals surface area contributed by atoms with Gasteiger partial charge in [-0.25, -0.2) is 4.79 Å². The smallest absolute Gasteiger partial charge is 0.382 e. The van der Waals surface area contributed by atoms with Crippen molar-refractivity contribution in [3.63, 3.8) is 0 Å². The monoisotopic (exact) mass is 293 g/mol. The van der Waals surface area contributed by atoms with Crippen molar-refractivity contribution in [3.8, 4) is 11.8 Å². The lowest BCUT2D eigenvalue weighted by molar-refractivity contribution is -0.130. The van der Waals surface area contributed by atoms with E-state index in [4.69, 9.17) is 5.11 Å². The van der Waals surface area contributed by atoms with Crippen LogP contribution < -0.4 is 5.32 Å². The van der Waals surface area contributed by atoms with Crippen molar-refractivity contribution in [2.45, 2.75) is 25.8 Å². The maximum Gasteiger partial charge on any atom is 0.382 e. The molecule has 2 N–H and O–H groups in total. The molecule has 0 bridgehead atoms. The summed E-state index contributed by atoms with van der Waals surface area (Å²) in [4.78, 5) is 10.4. The highest BCUT2D eigenvalue weighted by Crippen LogP contribution is 2.14. The zero-order valence-electron chi connectivity index (χ0n) is 12.5. The van der Waals surface area contributed by atoms with E-state index >= 15 is 0 Å². The molecule has 0 spiro atoms. The molecule has 0 saturated carbocycles. The van der Waals surface area contributed by atoms with E-state index in [-0.39, 0.29) is 0 Å². The molecule has 2 aromatic carbocycles. The molecule has 3 nitrogen and oxygen atoms in total. The number of anilines is 1. The Kier molecular flexibility index (Phi) is 5.62. The highest BCUT2D eigenvalue weighted by molar-refractivity contribution is 5.87. The molecular weight excluding hydrogens is 274 g/mol. The molecular formula is C19H19NO2. The van der Waals surface area contributed by atoms with E-state index < -0.39 is 5.97 Å². The van der Waals surface area contributed by atoms with Crippen LogP contribution in [0.25, 0.3) is 0 Å². The number of nitrogens with one attached hydrogen (secondary N) is 1. The third-order valence-corrected chi connectivity index (χ3v) is 3.39. The van der Waals surface area contributed by atoms with Gasteiger partial charge in [0.2, 0.25) is 0 Å². The number of carbonyl (C=O) groups is 1. The van der Waals surface area contributed by atoms with Gasteiger partial charge in [0.25, 0.3) is 0 Å². The van der Waals surface area contributed by atoms with Crippen molar-refractivity contribution in [2.75, 3.05) is 5.32 Å². The van der Waals surface area contributed by atoms with Gasteiger partial charge in [0.15, 0.2) is 0 Å². The fourth-order valence-corrected chi connectivity index (χ4v) is 2.21. The van der Waals surface area contributed by atoms with Crippen molar-refractivity contribution in [1.29, 1.82) is 0 Å². The average Bonchev–Trinajstić information content (AvgIpc) is 2.54. The molecule has 0 aliphatic heterocycles. The van der Waals surface area contributed by atoms with Crippen molar-refractivity contribution in [2.24, 2.45) is 0 Å². The summed E-state index contributed by atoms with van der Waals surface area (Å²) in [5.74, 6) is 3.60. The number of benzene rings is 2. The predicted molar refractivity (Wildman–Crippen MR) is 88.8 cm³/mol. The number of aliphatic carboxylic acids is 1. The van der Waals surface area contributed by atoms with Crippen LogP contribution in [0.1, 0.15) is 24.5 Å². The van der Waals surface area contributed by atoms with E-state index in [0.29, 0.717) is 11.6 Å². The lowest BCUT2D eigenvalue weighted by atomic mass is 10.0. The molecule has 2 rings (SSSR count). The van der Waals surface area contributed by atoms with Crippen molar-refractivity contribution in [1.82, 2.24) is 0 Å². The number of carboxylic acids is 1. The fraction of sp³-hybridized carbons (Fsp3) is 0.211. The minimum absolute atomic E-state index is 0.360. The quantitative estimate of drug-likeness (QED) is 0.829. The zero-order valence-corrected chi connectivity index (χ0v) is 12.5. The summed E-state index contributed by atoms with van der Waals surface area (Å²) in [7, 11) is 0. The van der Waals surface area contributed by atoms with E-state index in [9.17, 15) is 4.79 Å². The number of hydrogen-bond donors (Lipinski definition) is 2. The minimum Gasteiger partial charge on any atom is -0.472 e. The Morgan fingerprint density at radius 1 is 1.14 bits per heavy atom. The van der Waals surface area contributed by atoms with Gasteiger partial charge in [-0.2, -0.15) is 0 Å². The normalized spacial score (nSPS) is 11.1. The number of rotatable bonds is 5. The molecule has 112 valence electrons. The van der Waals surface area contributed by atoms with Crippen LogP contribution in [0.4, 0.5) is 5.69 Å². The van der Waals surface area contributed by atoms with Crippen LogP contribution in [0, 0.1) is 11.8 Å². The Morgan fingerprint density at radius 2 is 1.82 bits per heavy atom. The molecule has 0 radical (unpaired) electrons. The molecule has 22 heavy (non-hydrogen) atoms. The number of hydrogen-bond acceptors (Lipinski definition) is 2. The Labute approximate surface area is 131 Å². The van der Waals surface area contributed by atoms with E-state index in [1.807, 2.05) is 30.3 Å². The zero-order chi connectivity index (χ0) is 15.8. The molecule has 0 amide bonds. The molecule has 0 heterocycles. The summed E-state index contributed by atoms with van der Waals surface area (Å²) in [5, 5.41) is 12.0. The van der Waals surface area contributed by atoms with Crippen molar-refractivity contribution >= 4 is 11.7 Å². The first kappa shape index (κ1) is 15.7. The summed E-state index contributed by atoms with van der Waals surface area (Å²) >= 11 is 0. The molecule has 0 aliphatic carbocycles. The summed E-state index contributed by atoms with van der Waals surface area (Å²) in [5.41, 5.74) is 3.03. The predicted octanol–water partition coefficient (Wildman–Crippen LogP) is 3.56. The average molecular weight is 293 g/mol. The molecule has 1 unspecified atom stereocenters. The fourth-order valence-electron chi connectivity index (χ4n) is 2.21. The van der Waals surface area contributed by atoms with Gasteiger partial charge in [-0.1, -0.05) is 43.2 Å². The van der Waals surface area contributed by atoms with Crippen LogP contribution in [0.3, 0.4) is 0 Å². The van der Waals surface area contributed by atoms with E-state index in [2.05, 4.69) is 48.3 Å². The van der Waals surface area contributed by atoms with E-state index in [1.165, 1.54) is 5.56 Å². The molecule has 0 aliphatic rings. The molecule has 0 fully saturated rings. The largest absolute Gasteiger partial charge is 0.472 e. The lowest BCUT2D eigenvalue weighted by Gasteiger charge is -2.18. The molecule has 3 heteroatoms. The highest BCUT2D eigenvalue weighted by atomic mass is 16.4. The third-order valence-electron chi connectivity index (χ3n) is 3.39. The Hall–Kier alpha value is -2.73. The maximum absolute atomic E-state index is 10.4. The van der Waals surface area contributed by atoms with E-state index in [1.54, 1.807) is 0 Å². The summed E-state index contributed by atoms with van der Waals surface area (Å²) in [6, 6.07) is 18.3. The first-order valence-corrected chi connectivity index (χ1v) is 7.33. The van der Waals surface area contributed by atoms with Crippen LogP contribution in [0.2, 0.25) is 0 Å². The maximum atomic E-state index is 10.4. The van der Waals surface area contributed by atoms with Crippen LogP contribution in [0.15, 0.2) is 54.6 Å². The van der Waals surface area contributed by atoms with Crippen LogP contribution in [-0.2, 0) is 11.2 Å². The van der Waals surface area contributed by atoms with Gasteiger partial charge < -0.3 is 10.4 Å². The first-order valence-electron chi connectivity index (χ1n) is 7.33. The molecule has 2 aromatic rings. The Balaban J connectivity index is 1.99. The molecule has 0 aromatic heterocycles. The van der Waals surface area contributed by atoms with Crippen molar-refractivity contribution < 1.29 is 9.90 Å². The van der Waals surface area contributed by atoms with Gasteiger partial charge in [-0.15, -0.1) is 0 Å². The second-order valence-electron chi connectivity index (χ2n) is 5.07. The van der Waals surface area contributed by atoms with Gasteiger partial charge in [0, 0.05) is 23.2 Å². The first-order chi connectivity index (χ1) is 10.7. The summed E-state index contributed by atoms with van der Waals surface area (Å²) in [6.07, 6.45) is 1.99. The van der Waals surface area contributed by atoms with Gasteiger partial charge >= 0.3 is 5.97 Å². The molecule has 0 saturated heterocycles. The SMILES string of the molecule is CCC(Cc1ccccc1)Nc1ccc(C#CC(=O)O)cc1. The van der Waals surface area contributed by atoms with Crippen molar-refractivity contribution in [3.05, 3.63) is 65.7 Å². The standard InChI is InChI=1S/C19H19NO2/c1-2-17(14-16-6-4-3-5-7-16)20-18-11-8-15(9-12-18)10-13-19(21)22/h3-9,11-12,17,20H,2,14H2,1H3,(H,21,22). The molecule has 1 atom stereocenters. The van der Waals surface area contributed by atoms with E-state index in [0.717, 1.165) is 18.5 Å². The summed E-state index contributed by atoms with van der Waals surface area (Å²) in [6.45, 7) is 2.16. The van der Waals surface area contributed by atoms with Crippen LogP contribution in [-0.4, -0.2) is 17.1 Å². The lowest BCUT2D eigenvalue weighted by Crippen LogP contribution is -2.21. The Bertz CT molecular complexity index is 666. The van der Waals surface area contributed by atoms with Gasteiger partial charge in [-0.05, 0) is 42.7 Å². The van der Waals surface area contributed by atoms with Gasteiger partial charge in [0.1, 0.15) is 0 Å². The van der Waals surface area contributed by atoms with Crippen LogP contribution in [0.5, 0.6) is 0 Å². The van der Waals surface area contributed by atoms with Gasteiger partial charge in [-0.3, -0.25) is 0 Å². The highest BCUT2D eigenvalue weighted by Gasteiger charge is 2.07. The van der Waals surface area contributed by atoms with Crippen LogP contribution >= 0.6 is 0 Å². The second-order valence-corrected chi connectivity index (χ2v) is 5.07.